The van der Waals surface area contributed by atoms with E-state index in [2.05, 4.69) is 10.4 Å². The molecule has 1 heterocycles. The number of aromatic nitrogens is 2. The van der Waals surface area contributed by atoms with E-state index in [0.717, 1.165) is 0 Å². The highest BCUT2D eigenvalue weighted by atomic mass is 35.5. The number of aryl methyl sites for hydroxylation is 1. The molecule has 6 nitrogen and oxygen atoms in total. The maximum absolute atomic E-state index is 11.7. The number of amides is 1. The number of carbonyl (C=O) groups excluding carboxylic acids is 2. The van der Waals surface area contributed by atoms with Gasteiger partial charge in [0, 0.05) is 7.05 Å². The molecule has 104 valence electrons. The SMILES string of the molecule is CCOC(=O)c1cnn(C)c1NC(=O)C(Cl)=C(Cl)Cl. The van der Waals surface area contributed by atoms with Gasteiger partial charge in [0.1, 0.15) is 20.9 Å². The highest BCUT2D eigenvalue weighted by Gasteiger charge is 2.21. The standard InChI is InChI=1S/C10H10Cl3N3O3/c1-3-19-10(18)5-4-14-16(2)8(5)15-9(17)6(11)7(12)13/h4H,3H2,1-2H3,(H,15,17). The summed E-state index contributed by atoms with van der Waals surface area (Å²) < 4.78 is 5.74. The largest absolute Gasteiger partial charge is 0.462 e. The summed E-state index contributed by atoms with van der Waals surface area (Å²) in [4.78, 5) is 23.3. The monoisotopic (exact) mass is 325 g/mol. The molecular formula is C10H10Cl3N3O3. The summed E-state index contributed by atoms with van der Waals surface area (Å²) in [5.41, 5.74) is 0.105. The fourth-order valence-corrected chi connectivity index (χ4v) is 1.41. The zero-order chi connectivity index (χ0) is 14.6. The Balaban J connectivity index is 3.02. The second kappa shape index (κ2) is 6.79. The molecule has 0 aliphatic heterocycles. The minimum absolute atomic E-state index is 0.105. The Bertz CT molecular complexity index is 535. The second-order valence-electron chi connectivity index (χ2n) is 3.28. The van der Waals surface area contributed by atoms with Crippen LogP contribution in [0.15, 0.2) is 15.7 Å². The predicted octanol–water partition coefficient (Wildman–Crippen LogP) is 2.42. The molecule has 0 fully saturated rings. The first-order valence-electron chi connectivity index (χ1n) is 5.09. The van der Waals surface area contributed by atoms with Crippen LogP contribution in [-0.4, -0.2) is 28.3 Å². The fourth-order valence-electron chi connectivity index (χ4n) is 1.19. The number of ether oxygens (including phenoxy) is 1. The minimum atomic E-state index is -0.754. The van der Waals surface area contributed by atoms with E-state index in [1.807, 2.05) is 0 Å². The van der Waals surface area contributed by atoms with Gasteiger partial charge in [-0.1, -0.05) is 34.8 Å². The first-order chi connectivity index (χ1) is 8.88. The molecule has 0 unspecified atom stereocenters. The Labute approximate surface area is 124 Å². The molecule has 0 saturated heterocycles. The van der Waals surface area contributed by atoms with Crippen LogP contribution in [0, 0.1) is 0 Å². The number of esters is 1. The van der Waals surface area contributed by atoms with Crippen LogP contribution >= 0.6 is 34.8 Å². The van der Waals surface area contributed by atoms with E-state index in [0.29, 0.717) is 0 Å². The number of nitrogens with zero attached hydrogens (tertiary/aromatic N) is 2. The van der Waals surface area contributed by atoms with Gasteiger partial charge in [-0.15, -0.1) is 0 Å². The van der Waals surface area contributed by atoms with E-state index in [-0.39, 0.29) is 27.5 Å². The van der Waals surface area contributed by atoms with Crippen LogP contribution in [0.25, 0.3) is 0 Å². The Kier molecular flexibility index (Phi) is 5.65. The van der Waals surface area contributed by atoms with Crippen molar-refractivity contribution >= 4 is 52.5 Å². The molecule has 0 radical (unpaired) electrons. The summed E-state index contributed by atoms with van der Waals surface area (Å²) in [5.74, 6) is -1.23. The van der Waals surface area contributed by atoms with Crippen LogP contribution in [0.2, 0.25) is 0 Å². The van der Waals surface area contributed by atoms with E-state index in [1.54, 1.807) is 6.92 Å². The van der Waals surface area contributed by atoms with Gasteiger partial charge in [-0.2, -0.15) is 5.10 Å². The van der Waals surface area contributed by atoms with Crippen LogP contribution in [0.1, 0.15) is 17.3 Å². The lowest BCUT2D eigenvalue weighted by atomic mass is 10.3. The zero-order valence-electron chi connectivity index (χ0n) is 10.0. The molecule has 1 rings (SSSR count). The number of hydrogen-bond donors (Lipinski definition) is 1. The van der Waals surface area contributed by atoms with Crippen molar-refractivity contribution in [2.24, 2.45) is 7.05 Å². The number of hydrogen-bond acceptors (Lipinski definition) is 4. The van der Waals surface area contributed by atoms with Gasteiger partial charge in [-0.3, -0.25) is 9.48 Å². The van der Waals surface area contributed by atoms with Crippen LogP contribution in [0.3, 0.4) is 0 Å². The van der Waals surface area contributed by atoms with Crippen LogP contribution in [-0.2, 0) is 16.6 Å². The Morgan fingerprint density at radius 2 is 2.05 bits per heavy atom. The number of anilines is 1. The molecule has 1 amide bonds. The average Bonchev–Trinajstić information content (AvgIpc) is 2.70. The van der Waals surface area contributed by atoms with Gasteiger partial charge in [0.25, 0.3) is 5.91 Å². The Hall–Kier alpha value is -1.24. The van der Waals surface area contributed by atoms with Gasteiger partial charge in [-0.05, 0) is 6.92 Å². The lowest BCUT2D eigenvalue weighted by molar-refractivity contribution is -0.112. The maximum atomic E-state index is 11.7. The summed E-state index contributed by atoms with van der Waals surface area (Å²) in [6.45, 7) is 1.87. The molecule has 1 aromatic rings. The number of nitrogens with one attached hydrogen (secondary N) is 1. The van der Waals surface area contributed by atoms with Gasteiger partial charge >= 0.3 is 5.97 Å². The third kappa shape index (κ3) is 3.86. The molecule has 0 aliphatic rings. The lowest BCUT2D eigenvalue weighted by Crippen LogP contribution is -2.17. The molecule has 1 aromatic heterocycles. The molecule has 0 atom stereocenters. The van der Waals surface area contributed by atoms with Crippen molar-refractivity contribution in [1.29, 1.82) is 0 Å². The fraction of sp³-hybridized carbons (Fsp3) is 0.300. The number of carbonyl (C=O) groups is 2. The summed E-state index contributed by atoms with van der Waals surface area (Å²) in [7, 11) is 1.54. The van der Waals surface area contributed by atoms with Gasteiger partial charge in [0.15, 0.2) is 0 Å². The third-order valence-corrected chi connectivity index (χ3v) is 2.96. The normalized spacial score (nSPS) is 9.95. The molecule has 0 aromatic carbocycles. The van der Waals surface area contributed by atoms with Crippen molar-refractivity contribution in [2.45, 2.75) is 6.92 Å². The topological polar surface area (TPSA) is 73.2 Å². The Morgan fingerprint density at radius 1 is 1.42 bits per heavy atom. The van der Waals surface area contributed by atoms with Crippen molar-refractivity contribution in [3.63, 3.8) is 0 Å². The van der Waals surface area contributed by atoms with E-state index in [1.165, 1.54) is 17.9 Å². The number of rotatable bonds is 4. The average molecular weight is 327 g/mol. The molecule has 1 N–H and O–H groups in total. The molecule has 0 saturated carbocycles. The first kappa shape index (κ1) is 15.8. The molecular weight excluding hydrogens is 316 g/mol. The van der Waals surface area contributed by atoms with Gasteiger partial charge in [-0.25, -0.2) is 4.79 Å². The molecule has 0 bridgehead atoms. The molecule has 0 spiro atoms. The van der Waals surface area contributed by atoms with Crippen LogP contribution in [0.4, 0.5) is 5.82 Å². The third-order valence-electron chi connectivity index (χ3n) is 2.03. The summed E-state index contributed by atoms with van der Waals surface area (Å²) in [6.07, 6.45) is 1.27. The quantitative estimate of drug-likeness (QED) is 0.681. The Morgan fingerprint density at radius 3 is 2.58 bits per heavy atom. The summed E-state index contributed by atoms with van der Waals surface area (Å²) >= 11 is 16.4. The van der Waals surface area contributed by atoms with Crippen LogP contribution < -0.4 is 5.32 Å². The zero-order valence-corrected chi connectivity index (χ0v) is 12.3. The maximum Gasteiger partial charge on any atom is 0.343 e. The first-order valence-corrected chi connectivity index (χ1v) is 6.23. The van der Waals surface area contributed by atoms with Gasteiger partial charge in [0.2, 0.25) is 0 Å². The molecule has 0 aliphatic carbocycles. The van der Waals surface area contributed by atoms with Crippen molar-refractivity contribution in [1.82, 2.24) is 9.78 Å². The smallest absolute Gasteiger partial charge is 0.343 e. The highest BCUT2D eigenvalue weighted by Crippen LogP contribution is 2.21. The van der Waals surface area contributed by atoms with Crippen molar-refractivity contribution < 1.29 is 14.3 Å². The van der Waals surface area contributed by atoms with E-state index in [9.17, 15) is 9.59 Å². The predicted molar refractivity (Wildman–Crippen MR) is 72.4 cm³/mol. The molecule has 9 heteroatoms. The molecule has 19 heavy (non-hydrogen) atoms. The van der Waals surface area contributed by atoms with Gasteiger partial charge in [0.05, 0.1) is 12.8 Å². The van der Waals surface area contributed by atoms with Crippen molar-refractivity contribution in [3.05, 3.63) is 21.3 Å². The minimum Gasteiger partial charge on any atom is -0.462 e. The van der Waals surface area contributed by atoms with Gasteiger partial charge < -0.3 is 10.1 Å². The van der Waals surface area contributed by atoms with Crippen molar-refractivity contribution in [2.75, 3.05) is 11.9 Å². The summed E-state index contributed by atoms with van der Waals surface area (Å²) in [5, 5.41) is 5.84. The second-order valence-corrected chi connectivity index (χ2v) is 4.61. The van der Waals surface area contributed by atoms with E-state index < -0.39 is 11.9 Å². The lowest BCUT2D eigenvalue weighted by Gasteiger charge is -2.07. The van der Waals surface area contributed by atoms with Crippen molar-refractivity contribution in [3.8, 4) is 0 Å². The number of halogens is 3. The highest BCUT2D eigenvalue weighted by molar-refractivity contribution is 6.63. The summed E-state index contributed by atoms with van der Waals surface area (Å²) in [6, 6.07) is 0. The van der Waals surface area contributed by atoms with E-state index in [4.69, 9.17) is 39.5 Å². The van der Waals surface area contributed by atoms with E-state index >= 15 is 0 Å². The van der Waals surface area contributed by atoms with Crippen LogP contribution in [0.5, 0.6) is 0 Å².